The number of ether oxygens (including phenoxy) is 2. The first-order valence-electron chi connectivity index (χ1n) is 9.72. The summed E-state index contributed by atoms with van der Waals surface area (Å²) in [5, 5.41) is 3.10. The van der Waals surface area contributed by atoms with Crippen molar-refractivity contribution in [1.82, 2.24) is 19.3 Å². The number of guanidine groups is 1. The SMILES string of the molecule is COc1cnc2c(Nc3ccc4c(c3)C3N=C(N)N(C)S(=O)C3CCO4)nccc2n1. The van der Waals surface area contributed by atoms with Gasteiger partial charge in [-0.1, -0.05) is 0 Å². The molecular formula is C20H21N7O3S. The zero-order valence-corrected chi connectivity index (χ0v) is 17.8. The van der Waals surface area contributed by atoms with E-state index in [1.807, 2.05) is 18.2 Å². The third kappa shape index (κ3) is 3.40. The summed E-state index contributed by atoms with van der Waals surface area (Å²) in [5.74, 6) is 1.97. The smallest absolute Gasteiger partial charge is 0.232 e. The molecule has 1 aromatic carbocycles. The minimum absolute atomic E-state index is 0.206. The lowest BCUT2D eigenvalue weighted by atomic mass is 10.0. The summed E-state index contributed by atoms with van der Waals surface area (Å²) in [6.45, 7) is 0.470. The second kappa shape index (κ2) is 7.65. The van der Waals surface area contributed by atoms with Gasteiger partial charge in [0.25, 0.3) is 0 Å². The van der Waals surface area contributed by atoms with Crippen molar-refractivity contribution in [2.75, 3.05) is 26.1 Å². The lowest BCUT2D eigenvalue weighted by molar-refractivity contribution is 0.316. The molecule has 10 nitrogen and oxygen atoms in total. The number of hydrogen-bond donors (Lipinski definition) is 2. The van der Waals surface area contributed by atoms with Gasteiger partial charge in [-0.25, -0.2) is 24.2 Å². The number of pyridine rings is 1. The van der Waals surface area contributed by atoms with E-state index in [2.05, 4.69) is 25.3 Å². The molecule has 0 aliphatic carbocycles. The van der Waals surface area contributed by atoms with Gasteiger partial charge in [-0.3, -0.25) is 4.31 Å². The molecule has 31 heavy (non-hydrogen) atoms. The molecule has 0 spiro atoms. The second-order valence-electron chi connectivity index (χ2n) is 7.20. The van der Waals surface area contributed by atoms with Crippen LogP contribution in [0.4, 0.5) is 11.5 Å². The molecule has 0 saturated heterocycles. The van der Waals surface area contributed by atoms with Gasteiger partial charge in [-0.05, 0) is 30.7 Å². The molecule has 3 N–H and O–H groups in total. The van der Waals surface area contributed by atoms with Gasteiger partial charge >= 0.3 is 0 Å². The molecule has 4 heterocycles. The van der Waals surface area contributed by atoms with Crippen LogP contribution in [0.2, 0.25) is 0 Å². The maximum atomic E-state index is 12.9. The van der Waals surface area contributed by atoms with Gasteiger partial charge < -0.3 is 20.5 Å². The lowest BCUT2D eigenvalue weighted by Gasteiger charge is -2.32. The quantitative estimate of drug-likeness (QED) is 0.633. The summed E-state index contributed by atoms with van der Waals surface area (Å²) >= 11 is 0. The summed E-state index contributed by atoms with van der Waals surface area (Å²) in [6, 6.07) is 7.15. The summed E-state index contributed by atoms with van der Waals surface area (Å²) in [6.07, 6.45) is 3.83. The number of anilines is 2. The van der Waals surface area contributed by atoms with Crippen LogP contribution in [0, 0.1) is 0 Å². The highest BCUT2D eigenvalue weighted by Crippen LogP contribution is 2.40. The Morgan fingerprint density at radius 2 is 2.19 bits per heavy atom. The monoisotopic (exact) mass is 439 g/mol. The number of nitrogens with one attached hydrogen (secondary N) is 1. The number of nitrogens with two attached hydrogens (primary N) is 1. The fourth-order valence-electron chi connectivity index (χ4n) is 3.77. The van der Waals surface area contributed by atoms with Crippen molar-refractivity contribution in [2.45, 2.75) is 17.7 Å². The van der Waals surface area contributed by atoms with E-state index in [1.54, 1.807) is 32.6 Å². The molecular weight excluding hydrogens is 418 g/mol. The number of aromatic nitrogens is 3. The Bertz CT molecular complexity index is 1220. The van der Waals surface area contributed by atoms with Crippen LogP contribution in [-0.2, 0) is 11.0 Å². The predicted octanol–water partition coefficient (Wildman–Crippen LogP) is 1.89. The molecule has 0 fully saturated rings. The normalized spacial score (nSPS) is 22.6. The maximum absolute atomic E-state index is 12.9. The Kier molecular flexibility index (Phi) is 4.81. The van der Waals surface area contributed by atoms with Gasteiger partial charge in [-0.2, -0.15) is 0 Å². The predicted molar refractivity (Wildman–Crippen MR) is 118 cm³/mol. The summed E-state index contributed by atoms with van der Waals surface area (Å²) in [5.41, 5.74) is 8.92. The fourth-order valence-corrected chi connectivity index (χ4v) is 5.13. The third-order valence-electron chi connectivity index (χ3n) is 5.37. The number of rotatable bonds is 3. The highest BCUT2D eigenvalue weighted by atomic mass is 32.2. The summed E-state index contributed by atoms with van der Waals surface area (Å²) < 4.78 is 25.5. The largest absolute Gasteiger partial charge is 0.493 e. The molecule has 0 amide bonds. The molecule has 2 aromatic heterocycles. The molecule has 2 aliphatic rings. The summed E-state index contributed by atoms with van der Waals surface area (Å²) in [7, 11) is 1.96. The Labute approximate surface area is 181 Å². The van der Waals surface area contributed by atoms with Crippen molar-refractivity contribution in [3.63, 3.8) is 0 Å². The standard InChI is InChI=1S/C20H21N7O3S/c1-27-20(21)26-17-12-9-11(3-4-14(12)30-8-6-15(17)31(27)28)24-19-18-13(5-7-22-19)25-16(29-2)10-23-18/h3-5,7,9-10,15,17H,6,8H2,1-2H3,(H2,21,26)(H,22,24). The average molecular weight is 440 g/mol. The van der Waals surface area contributed by atoms with E-state index < -0.39 is 11.0 Å². The molecule has 0 saturated carbocycles. The van der Waals surface area contributed by atoms with Crippen LogP contribution in [0.5, 0.6) is 11.6 Å². The van der Waals surface area contributed by atoms with E-state index in [1.165, 1.54) is 4.31 Å². The molecule has 0 radical (unpaired) electrons. The fraction of sp³-hybridized carbons (Fsp3) is 0.300. The van der Waals surface area contributed by atoms with Crippen molar-refractivity contribution in [1.29, 1.82) is 0 Å². The first-order chi connectivity index (χ1) is 15.0. The van der Waals surface area contributed by atoms with E-state index in [9.17, 15) is 4.21 Å². The Morgan fingerprint density at radius 1 is 1.32 bits per heavy atom. The van der Waals surface area contributed by atoms with Crippen molar-refractivity contribution in [3.8, 4) is 11.6 Å². The Balaban J connectivity index is 1.54. The van der Waals surface area contributed by atoms with E-state index in [-0.39, 0.29) is 17.3 Å². The minimum Gasteiger partial charge on any atom is -0.493 e. The van der Waals surface area contributed by atoms with Gasteiger partial charge in [-0.15, -0.1) is 0 Å². The van der Waals surface area contributed by atoms with Crippen molar-refractivity contribution >= 4 is 39.5 Å². The van der Waals surface area contributed by atoms with Gasteiger partial charge in [0.15, 0.2) is 5.82 Å². The van der Waals surface area contributed by atoms with E-state index in [4.69, 9.17) is 15.2 Å². The van der Waals surface area contributed by atoms with E-state index in [0.29, 0.717) is 41.5 Å². The molecule has 3 atom stereocenters. The Morgan fingerprint density at radius 3 is 3.03 bits per heavy atom. The van der Waals surface area contributed by atoms with E-state index in [0.717, 1.165) is 11.3 Å². The van der Waals surface area contributed by atoms with Gasteiger partial charge in [0.05, 0.1) is 36.7 Å². The van der Waals surface area contributed by atoms with E-state index >= 15 is 0 Å². The molecule has 160 valence electrons. The van der Waals surface area contributed by atoms with Crippen LogP contribution in [0.15, 0.2) is 41.7 Å². The van der Waals surface area contributed by atoms with Crippen molar-refractivity contribution < 1.29 is 13.7 Å². The lowest BCUT2D eigenvalue weighted by Crippen LogP contribution is -2.46. The maximum Gasteiger partial charge on any atom is 0.232 e. The zero-order chi connectivity index (χ0) is 21.5. The van der Waals surface area contributed by atoms with Crippen LogP contribution in [-0.4, -0.2) is 55.4 Å². The van der Waals surface area contributed by atoms with Gasteiger partial charge in [0.1, 0.15) is 22.3 Å². The number of methoxy groups -OCH3 is 1. The van der Waals surface area contributed by atoms with Crippen molar-refractivity contribution in [2.24, 2.45) is 10.7 Å². The van der Waals surface area contributed by atoms with Crippen molar-refractivity contribution in [3.05, 3.63) is 42.2 Å². The molecule has 3 aromatic rings. The molecule has 2 aliphatic heterocycles. The molecule has 3 unspecified atom stereocenters. The van der Waals surface area contributed by atoms with Gasteiger partial charge in [0, 0.05) is 24.5 Å². The second-order valence-corrected chi connectivity index (χ2v) is 8.90. The average Bonchev–Trinajstić information content (AvgIpc) is 2.96. The third-order valence-corrected chi connectivity index (χ3v) is 7.11. The first-order valence-corrected chi connectivity index (χ1v) is 10.9. The number of nitrogens with zero attached hydrogens (tertiary/aromatic N) is 5. The van der Waals surface area contributed by atoms with Crippen LogP contribution < -0.4 is 20.5 Å². The van der Waals surface area contributed by atoms with Crippen LogP contribution in [0.1, 0.15) is 18.0 Å². The Hall–Kier alpha value is -3.47. The minimum atomic E-state index is -1.28. The molecule has 5 rings (SSSR count). The number of aliphatic imine (C=N–C) groups is 1. The topological polar surface area (TPSA) is 128 Å². The summed E-state index contributed by atoms with van der Waals surface area (Å²) in [4.78, 5) is 17.9. The first kappa shape index (κ1) is 19.5. The van der Waals surface area contributed by atoms with Crippen LogP contribution in [0.3, 0.4) is 0 Å². The highest BCUT2D eigenvalue weighted by molar-refractivity contribution is 7.84. The van der Waals surface area contributed by atoms with Crippen LogP contribution in [0.25, 0.3) is 11.0 Å². The zero-order valence-electron chi connectivity index (χ0n) is 17.0. The number of benzene rings is 1. The highest BCUT2D eigenvalue weighted by Gasteiger charge is 2.39. The number of fused-ring (bicyclic) bond motifs is 4. The van der Waals surface area contributed by atoms with Crippen LogP contribution >= 0.6 is 0 Å². The molecule has 0 bridgehead atoms. The number of hydrogen-bond acceptors (Lipinski definition) is 9. The van der Waals surface area contributed by atoms with Gasteiger partial charge in [0.2, 0.25) is 11.8 Å². The molecule has 11 heteroatoms.